The maximum atomic E-state index is 12.7. The molecule has 0 radical (unpaired) electrons. The van der Waals surface area contributed by atoms with Gasteiger partial charge in [-0.1, -0.05) is 6.92 Å². The fourth-order valence-corrected chi connectivity index (χ4v) is 4.62. The summed E-state index contributed by atoms with van der Waals surface area (Å²) >= 11 is 1.65. The zero-order chi connectivity index (χ0) is 15.3. The number of rotatable bonds is 8. The highest BCUT2D eigenvalue weighted by Crippen LogP contribution is 2.25. The first-order chi connectivity index (χ1) is 9.38. The number of thioether (sulfide) groups is 1. The topological polar surface area (TPSA) is 62.6 Å². The molecule has 1 aromatic rings. The largest absolute Gasteiger partial charge is 0.464 e. The molecule has 0 spiro atoms. The second-order valence-electron chi connectivity index (χ2n) is 4.70. The maximum absolute atomic E-state index is 12.7. The predicted molar refractivity (Wildman–Crippen MR) is 83.6 cm³/mol. The third-order valence-corrected chi connectivity index (χ3v) is 6.01. The number of hydrogen-bond donors (Lipinski definition) is 1. The third-order valence-electron chi connectivity index (χ3n) is 3.28. The fraction of sp³-hybridized carbons (Fsp3) is 0.692. The molecular weight excluding hydrogens is 296 g/mol. The van der Waals surface area contributed by atoms with E-state index in [1.807, 2.05) is 13.2 Å². The van der Waals surface area contributed by atoms with Gasteiger partial charge in [0.25, 0.3) is 0 Å². The highest BCUT2D eigenvalue weighted by atomic mass is 32.2. The van der Waals surface area contributed by atoms with E-state index in [0.29, 0.717) is 18.1 Å². The molecule has 0 aliphatic carbocycles. The van der Waals surface area contributed by atoms with Crippen LogP contribution >= 0.6 is 11.8 Å². The zero-order valence-corrected chi connectivity index (χ0v) is 14.4. The van der Waals surface area contributed by atoms with Crippen LogP contribution in [0.4, 0.5) is 0 Å². The van der Waals surface area contributed by atoms with Crippen LogP contribution in [0.25, 0.3) is 0 Å². The van der Waals surface area contributed by atoms with Gasteiger partial charge in [-0.05, 0) is 26.6 Å². The molecule has 5 nitrogen and oxygen atoms in total. The van der Waals surface area contributed by atoms with Gasteiger partial charge >= 0.3 is 0 Å². The van der Waals surface area contributed by atoms with E-state index in [0.717, 1.165) is 12.2 Å². The lowest BCUT2D eigenvalue weighted by molar-refractivity contribution is 0.384. The highest BCUT2D eigenvalue weighted by Gasteiger charge is 2.30. The quantitative estimate of drug-likeness (QED) is 0.794. The molecule has 0 saturated carbocycles. The number of sulfonamides is 1. The molecule has 1 N–H and O–H groups in total. The van der Waals surface area contributed by atoms with Crippen molar-refractivity contribution in [2.45, 2.75) is 37.8 Å². The van der Waals surface area contributed by atoms with Crippen LogP contribution in [0.5, 0.6) is 0 Å². The van der Waals surface area contributed by atoms with Crippen LogP contribution in [0.15, 0.2) is 15.4 Å². The standard InChI is InChI=1S/C13H24N2O3S2/c1-6-11(9-19-5)15(4)20(16,17)13-7-12(8-14-3)18-10(13)2/h7,11,14H,6,8-9H2,1-5H3. The van der Waals surface area contributed by atoms with Crippen molar-refractivity contribution in [1.29, 1.82) is 0 Å². The summed E-state index contributed by atoms with van der Waals surface area (Å²) in [6.07, 6.45) is 2.77. The second kappa shape index (κ2) is 7.49. The van der Waals surface area contributed by atoms with E-state index in [1.54, 1.807) is 38.8 Å². The first-order valence-electron chi connectivity index (χ1n) is 6.59. The summed E-state index contributed by atoms with van der Waals surface area (Å²) in [5, 5.41) is 2.95. The molecule has 0 aliphatic heterocycles. The van der Waals surface area contributed by atoms with Gasteiger partial charge in [-0.2, -0.15) is 16.1 Å². The molecule has 0 amide bonds. The number of hydrogen-bond acceptors (Lipinski definition) is 5. The molecule has 0 bridgehead atoms. The Morgan fingerprint density at radius 3 is 2.65 bits per heavy atom. The first-order valence-corrected chi connectivity index (χ1v) is 9.42. The minimum absolute atomic E-state index is 0.00273. The number of nitrogens with zero attached hydrogens (tertiary/aromatic N) is 1. The Bertz CT molecular complexity index is 526. The summed E-state index contributed by atoms with van der Waals surface area (Å²) in [5.74, 6) is 1.86. The summed E-state index contributed by atoms with van der Waals surface area (Å²) in [6.45, 7) is 4.21. The minimum Gasteiger partial charge on any atom is -0.464 e. The van der Waals surface area contributed by atoms with Crippen LogP contribution in [0.2, 0.25) is 0 Å². The maximum Gasteiger partial charge on any atom is 0.246 e. The zero-order valence-electron chi connectivity index (χ0n) is 12.8. The molecular formula is C13H24N2O3S2. The van der Waals surface area contributed by atoms with Gasteiger partial charge in [0.05, 0.1) is 6.54 Å². The van der Waals surface area contributed by atoms with Crippen LogP contribution < -0.4 is 5.32 Å². The molecule has 116 valence electrons. The molecule has 1 rings (SSSR count). The molecule has 0 fully saturated rings. The average molecular weight is 320 g/mol. The molecule has 0 saturated heterocycles. The molecule has 7 heteroatoms. The van der Waals surface area contributed by atoms with Crippen molar-refractivity contribution >= 4 is 21.8 Å². The third kappa shape index (κ3) is 3.78. The smallest absolute Gasteiger partial charge is 0.246 e. The summed E-state index contributed by atoms with van der Waals surface area (Å²) in [6, 6.07) is 1.61. The van der Waals surface area contributed by atoms with E-state index >= 15 is 0 Å². The number of aryl methyl sites for hydroxylation is 1. The second-order valence-corrected chi connectivity index (χ2v) is 7.58. The van der Waals surface area contributed by atoms with E-state index < -0.39 is 10.0 Å². The van der Waals surface area contributed by atoms with Crippen molar-refractivity contribution in [3.8, 4) is 0 Å². The predicted octanol–water partition coefficient (Wildman–Crippen LogP) is 2.07. The van der Waals surface area contributed by atoms with Crippen LogP contribution in [-0.4, -0.2) is 44.9 Å². The van der Waals surface area contributed by atoms with Crippen LogP contribution in [0.3, 0.4) is 0 Å². The molecule has 0 aromatic carbocycles. The summed E-state index contributed by atoms with van der Waals surface area (Å²) in [4.78, 5) is 0.268. The van der Waals surface area contributed by atoms with E-state index in [2.05, 4.69) is 5.32 Å². The molecule has 1 atom stereocenters. The summed E-state index contributed by atoms with van der Waals surface area (Å²) < 4.78 is 32.3. The molecule has 0 aliphatic rings. The SMILES string of the molecule is CCC(CSC)N(C)S(=O)(=O)c1cc(CNC)oc1C. The monoisotopic (exact) mass is 320 g/mol. The van der Waals surface area contributed by atoms with Gasteiger partial charge in [-0.15, -0.1) is 0 Å². The van der Waals surface area contributed by atoms with Crippen molar-refractivity contribution in [3.63, 3.8) is 0 Å². The number of furan rings is 1. The molecule has 1 unspecified atom stereocenters. The Hall–Kier alpha value is -0.500. The first kappa shape index (κ1) is 17.6. The minimum atomic E-state index is -3.50. The van der Waals surface area contributed by atoms with Gasteiger partial charge in [-0.3, -0.25) is 0 Å². The van der Waals surface area contributed by atoms with Crippen molar-refractivity contribution in [2.75, 3.05) is 26.1 Å². The van der Waals surface area contributed by atoms with Gasteiger partial charge in [0.1, 0.15) is 16.4 Å². The molecule has 20 heavy (non-hydrogen) atoms. The Labute approximate surface area is 126 Å². The molecule has 1 aromatic heterocycles. The van der Waals surface area contributed by atoms with E-state index in [9.17, 15) is 8.42 Å². The van der Waals surface area contributed by atoms with Gasteiger partial charge in [0, 0.05) is 24.9 Å². The Morgan fingerprint density at radius 2 is 2.15 bits per heavy atom. The van der Waals surface area contributed by atoms with Gasteiger partial charge in [0.2, 0.25) is 10.0 Å². The Kier molecular flexibility index (Phi) is 6.57. The van der Waals surface area contributed by atoms with Gasteiger partial charge < -0.3 is 9.73 Å². The fourth-order valence-electron chi connectivity index (χ4n) is 2.07. The van der Waals surface area contributed by atoms with Crippen LogP contribution in [-0.2, 0) is 16.6 Å². The van der Waals surface area contributed by atoms with E-state index in [-0.39, 0.29) is 10.9 Å². The lowest BCUT2D eigenvalue weighted by Crippen LogP contribution is -2.38. The summed E-state index contributed by atoms with van der Waals surface area (Å²) in [5.41, 5.74) is 0. The van der Waals surface area contributed by atoms with Crippen molar-refractivity contribution in [1.82, 2.24) is 9.62 Å². The average Bonchev–Trinajstić information content (AvgIpc) is 2.77. The van der Waals surface area contributed by atoms with Crippen molar-refractivity contribution < 1.29 is 12.8 Å². The normalized spacial score (nSPS) is 13.9. The van der Waals surface area contributed by atoms with E-state index in [1.165, 1.54) is 4.31 Å². The lowest BCUT2D eigenvalue weighted by atomic mass is 10.3. The van der Waals surface area contributed by atoms with Gasteiger partial charge in [0.15, 0.2) is 0 Å². The van der Waals surface area contributed by atoms with Crippen molar-refractivity contribution in [3.05, 3.63) is 17.6 Å². The Morgan fingerprint density at radius 1 is 1.50 bits per heavy atom. The lowest BCUT2D eigenvalue weighted by Gasteiger charge is -2.25. The summed E-state index contributed by atoms with van der Waals surface area (Å²) in [7, 11) is -0.0640. The number of nitrogens with one attached hydrogen (secondary N) is 1. The molecule has 1 heterocycles. The van der Waals surface area contributed by atoms with Crippen molar-refractivity contribution in [2.24, 2.45) is 0 Å². The van der Waals surface area contributed by atoms with Gasteiger partial charge in [-0.25, -0.2) is 8.42 Å². The van der Waals surface area contributed by atoms with Crippen LogP contribution in [0, 0.1) is 6.92 Å². The van der Waals surface area contributed by atoms with E-state index in [4.69, 9.17) is 4.42 Å². The Balaban J connectivity index is 3.09. The van der Waals surface area contributed by atoms with Crippen LogP contribution in [0.1, 0.15) is 24.9 Å². The highest BCUT2D eigenvalue weighted by molar-refractivity contribution is 7.98.